The largest absolute Gasteiger partial charge is 0.300 e. The predicted molar refractivity (Wildman–Crippen MR) is 47.5 cm³/mol. The van der Waals surface area contributed by atoms with E-state index in [1.807, 2.05) is 0 Å². The molecule has 0 amide bonds. The monoisotopic (exact) mass is 206 g/mol. The lowest BCUT2D eigenvalue weighted by Crippen LogP contribution is -2.09. The Hall–Kier alpha value is 0.150. The van der Waals surface area contributed by atoms with Crippen molar-refractivity contribution < 1.29 is 4.79 Å². The molecule has 60 valence electrons. The van der Waals surface area contributed by atoms with Crippen LogP contribution >= 0.6 is 15.9 Å². The quantitative estimate of drug-likeness (QED) is 0.633. The maximum absolute atomic E-state index is 10.9. The summed E-state index contributed by atoms with van der Waals surface area (Å²) in [4.78, 5) is 10.9. The predicted octanol–water partition coefficient (Wildman–Crippen LogP) is 2.78. The molecule has 0 aliphatic rings. The van der Waals surface area contributed by atoms with Crippen LogP contribution < -0.4 is 0 Å². The number of ketones is 1. The van der Waals surface area contributed by atoms with E-state index in [0.29, 0.717) is 11.7 Å². The van der Waals surface area contributed by atoms with Crippen LogP contribution in [-0.2, 0) is 4.79 Å². The molecule has 0 rings (SSSR count). The summed E-state index contributed by atoms with van der Waals surface area (Å²) >= 11 is 3.34. The fourth-order valence-corrected chi connectivity index (χ4v) is 1.34. The molecule has 2 heteroatoms. The van der Waals surface area contributed by atoms with Crippen molar-refractivity contribution in [1.29, 1.82) is 0 Å². The molecule has 0 heterocycles. The van der Waals surface area contributed by atoms with E-state index in [4.69, 9.17) is 0 Å². The van der Waals surface area contributed by atoms with Crippen molar-refractivity contribution in [2.75, 3.05) is 5.33 Å². The van der Waals surface area contributed by atoms with Gasteiger partial charge in [-0.25, -0.2) is 0 Å². The van der Waals surface area contributed by atoms with Crippen molar-refractivity contribution in [2.24, 2.45) is 5.92 Å². The Morgan fingerprint density at radius 3 is 2.50 bits per heavy atom. The van der Waals surface area contributed by atoms with Gasteiger partial charge in [0, 0.05) is 11.2 Å². The van der Waals surface area contributed by atoms with Crippen molar-refractivity contribution in [3.63, 3.8) is 0 Å². The van der Waals surface area contributed by atoms with E-state index in [1.54, 1.807) is 6.92 Å². The van der Waals surface area contributed by atoms with E-state index in [0.717, 1.165) is 24.6 Å². The molecule has 0 aliphatic carbocycles. The van der Waals surface area contributed by atoms with Gasteiger partial charge < -0.3 is 0 Å². The molecule has 1 unspecified atom stereocenters. The third-order valence-corrected chi connectivity index (χ3v) is 2.31. The second-order valence-corrected chi connectivity index (χ2v) is 3.34. The van der Waals surface area contributed by atoms with Gasteiger partial charge in [0.25, 0.3) is 0 Å². The molecule has 0 aromatic heterocycles. The minimum Gasteiger partial charge on any atom is -0.300 e. The maximum Gasteiger partial charge on any atom is 0.132 e. The van der Waals surface area contributed by atoms with Gasteiger partial charge in [-0.05, 0) is 26.2 Å². The molecule has 0 aliphatic heterocycles. The summed E-state index contributed by atoms with van der Waals surface area (Å²) in [7, 11) is 0. The Balaban J connectivity index is 3.50. The van der Waals surface area contributed by atoms with E-state index < -0.39 is 0 Å². The number of Topliss-reactive ketones (excluding diaryl/α,β-unsaturated/α-hetero) is 1. The summed E-state index contributed by atoms with van der Waals surface area (Å²) in [5.74, 6) is 0.640. The molecule has 0 bridgehead atoms. The molecule has 1 nitrogen and oxygen atoms in total. The van der Waals surface area contributed by atoms with Gasteiger partial charge >= 0.3 is 0 Å². The van der Waals surface area contributed by atoms with Gasteiger partial charge in [0.2, 0.25) is 0 Å². The molecule has 0 fully saturated rings. The van der Waals surface area contributed by atoms with E-state index >= 15 is 0 Å². The van der Waals surface area contributed by atoms with Gasteiger partial charge in [0.05, 0.1) is 0 Å². The Kier molecular flexibility index (Phi) is 5.99. The molecule has 0 N–H and O–H groups in total. The van der Waals surface area contributed by atoms with Gasteiger partial charge in [0.1, 0.15) is 5.78 Å². The zero-order valence-corrected chi connectivity index (χ0v) is 8.28. The first kappa shape index (κ1) is 10.2. The number of carbonyl (C=O) groups excluding carboxylic acids is 1. The highest BCUT2D eigenvalue weighted by Gasteiger charge is 2.09. The van der Waals surface area contributed by atoms with Gasteiger partial charge in [0.15, 0.2) is 0 Å². The number of rotatable bonds is 5. The van der Waals surface area contributed by atoms with E-state index in [1.165, 1.54) is 0 Å². The van der Waals surface area contributed by atoms with Crippen LogP contribution in [0.5, 0.6) is 0 Å². The topological polar surface area (TPSA) is 17.1 Å². The lowest BCUT2D eigenvalue weighted by atomic mass is 9.97. The van der Waals surface area contributed by atoms with Crippen molar-refractivity contribution in [2.45, 2.75) is 33.1 Å². The third-order valence-electron chi connectivity index (χ3n) is 1.75. The second-order valence-electron chi connectivity index (χ2n) is 2.55. The Bertz CT molecular complexity index is 101. The molecular weight excluding hydrogens is 192 g/mol. The molecule has 0 spiro atoms. The number of alkyl halides is 1. The number of carbonyl (C=O) groups is 1. The molecular formula is C8H15BrO. The highest BCUT2D eigenvalue weighted by atomic mass is 79.9. The zero-order chi connectivity index (χ0) is 7.98. The van der Waals surface area contributed by atoms with E-state index in [-0.39, 0.29) is 0 Å². The van der Waals surface area contributed by atoms with Crippen LogP contribution in [0.4, 0.5) is 0 Å². The summed E-state index contributed by atoms with van der Waals surface area (Å²) in [6.07, 6.45) is 3.14. The summed E-state index contributed by atoms with van der Waals surface area (Å²) in [6, 6.07) is 0. The summed E-state index contributed by atoms with van der Waals surface area (Å²) in [6.45, 7) is 3.75. The highest BCUT2D eigenvalue weighted by Crippen LogP contribution is 2.12. The van der Waals surface area contributed by atoms with Gasteiger partial charge in [-0.15, -0.1) is 0 Å². The van der Waals surface area contributed by atoms with Crippen molar-refractivity contribution in [3.05, 3.63) is 0 Å². The Morgan fingerprint density at radius 2 is 2.20 bits per heavy atom. The fraction of sp³-hybridized carbons (Fsp3) is 0.875. The normalized spacial score (nSPS) is 13.1. The average molecular weight is 207 g/mol. The first-order valence-corrected chi connectivity index (χ1v) is 4.91. The van der Waals surface area contributed by atoms with Crippen LogP contribution in [0.2, 0.25) is 0 Å². The SMILES string of the molecule is CCC(CCCBr)C(C)=O. The van der Waals surface area contributed by atoms with E-state index in [9.17, 15) is 4.79 Å². The average Bonchev–Trinajstić information content (AvgIpc) is 1.89. The molecule has 0 saturated heterocycles. The smallest absolute Gasteiger partial charge is 0.132 e. The molecule has 0 aromatic carbocycles. The molecule has 0 radical (unpaired) electrons. The summed E-state index contributed by atoms with van der Waals surface area (Å²) in [5.41, 5.74) is 0. The summed E-state index contributed by atoms with van der Waals surface area (Å²) in [5, 5.41) is 1.01. The molecule has 1 atom stereocenters. The Labute approximate surface area is 71.3 Å². The van der Waals surface area contributed by atoms with Crippen LogP contribution in [-0.4, -0.2) is 11.1 Å². The van der Waals surface area contributed by atoms with Crippen LogP contribution in [0, 0.1) is 5.92 Å². The second kappa shape index (κ2) is 5.90. The molecule has 0 saturated carbocycles. The molecule has 10 heavy (non-hydrogen) atoms. The maximum atomic E-state index is 10.9. The third kappa shape index (κ3) is 4.04. The van der Waals surface area contributed by atoms with Crippen LogP contribution in [0.15, 0.2) is 0 Å². The van der Waals surface area contributed by atoms with Gasteiger partial charge in [-0.2, -0.15) is 0 Å². The van der Waals surface area contributed by atoms with Crippen LogP contribution in [0.25, 0.3) is 0 Å². The van der Waals surface area contributed by atoms with E-state index in [2.05, 4.69) is 22.9 Å². The fourth-order valence-electron chi connectivity index (χ4n) is 1.02. The zero-order valence-electron chi connectivity index (χ0n) is 6.69. The van der Waals surface area contributed by atoms with Gasteiger partial charge in [-0.3, -0.25) is 4.79 Å². The first-order chi connectivity index (χ1) is 4.72. The summed E-state index contributed by atoms with van der Waals surface area (Å²) < 4.78 is 0. The highest BCUT2D eigenvalue weighted by molar-refractivity contribution is 9.09. The van der Waals surface area contributed by atoms with Crippen LogP contribution in [0.1, 0.15) is 33.1 Å². The van der Waals surface area contributed by atoms with Crippen LogP contribution in [0.3, 0.4) is 0 Å². The van der Waals surface area contributed by atoms with Crippen molar-refractivity contribution in [1.82, 2.24) is 0 Å². The lowest BCUT2D eigenvalue weighted by Gasteiger charge is -2.08. The number of hydrogen-bond acceptors (Lipinski definition) is 1. The first-order valence-electron chi connectivity index (χ1n) is 3.78. The van der Waals surface area contributed by atoms with Gasteiger partial charge in [-0.1, -0.05) is 22.9 Å². The number of hydrogen-bond donors (Lipinski definition) is 0. The minimum atomic E-state index is 0.303. The number of halogens is 1. The standard InChI is InChI=1S/C8H15BrO/c1-3-8(7(2)10)5-4-6-9/h8H,3-6H2,1-2H3. The molecule has 0 aromatic rings. The van der Waals surface area contributed by atoms with Crippen molar-refractivity contribution in [3.8, 4) is 0 Å². The van der Waals surface area contributed by atoms with Crippen molar-refractivity contribution >= 4 is 21.7 Å². The minimum absolute atomic E-state index is 0.303. The Morgan fingerprint density at radius 1 is 1.60 bits per heavy atom. The lowest BCUT2D eigenvalue weighted by molar-refractivity contribution is -0.121.